The third-order valence-corrected chi connectivity index (χ3v) is 7.42. The Morgan fingerprint density at radius 1 is 1.24 bits per heavy atom. The molecule has 2 N–H and O–H groups in total. The number of fused-ring (bicyclic) bond motifs is 1. The van der Waals surface area contributed by atoms with Crippen molar-refractivity contribution in [2.24, 2.45) is 22.7 Å². The van der Waals surface area contributed by atoms with E-state index < -0.39 is 23.1 Å². The first kappa shape index (κ1) is 18.0. The molecule has 3 rings (SSSR count). The highest BCUT2D eigenvalue weighted by Crippen LogP contribution is 2.63. The van der Waals surface area contributed by atoms with E-state index in [0.717, 1.165) is 38.2 Å². The van der Waals surface area contributed by atoms with Crippen LogP contribution >= 0.6 is 0 Å². The van der Waals surface area contributed by atoms with Crippen LogP contribution in [0.4, 0.5) is 0 Å². The SMILES string of the molecule is C=C1CCC[C@H]2[C@](C)(CC3=C(O)C(=O)C=C(O)C3=O)[C@@H](C)CC[C@]12C. The fourth-order valence-electron chi connectivity index (χ4n) is 5.48. The van der Waals surface area contributed by atoms with Gasteiger partial charge in [0.05, 0.1) is 0 Å². The first-order chi connectivity index (χ1) is 11.6. The first-order valence-electron chi connectivity index (χ1n) is 9.21. The molecule has 0 radical (unpaired) electrons. The summed E-state index contributed by atoms with van der Waals surface area (Å²) in [4.78, 5) is 24.3. The lowest BCUT2D eigenvalue weighted by Crippen LogP contribution is -2.50. The van der Waals surface area contributed by atoms with E-state index in [1.165, 1.54) is 5.57 Å². The zero-order valence-electron chi connectivity index (χ0n) is 15.4. The number of carbonyl (C=O) groups excluding carboxylic acids is 2. The molecule has 4 nitrogen and oxygen atoms in total. The Morgan fingerprint density at radius 3 is 2.60 bits per heavy atom. The van der Waals surface area contributed by atoms with Crippen LogP contribution in [0.25, 0.3) is 0 Å². The van der Waals surface area contributed by atoms with Gasteiger partial charge in [-0.2, -0.15) is 0 Å². The Bertz CT molecular complexity index is 713. The number of aliphatic hydroxyl groups is 2. The summed E-state index contributed by atoms with van der Waals surface area (Å²) >= 11 is 0. The molecule has 0 unspecified atom stereocenters. The number of Topliss-reactive ketones (excluding diaryl/α,β-unsaturated/α-hetero) is 1. The highest BCUT2D eigenvalue weighted by atomic mass is 16.3. The van der Waals surface area contributed by atoms with E-state index in [0.29, 0.717) is 18.3 Å². The highest BCUT2D eigenvalue weighted by molar-refractivity contribution is 6.20. The van der Waals surface area contributed by atoms with Gasteiger partial charge in [-0.1, -0.05) is 32.9 Å². The maximum Gasteiger partial charge on any atom is 0.227 e. The molecule has 136 valence electrons. The topological polar surface area (TPSA) is 74.6 Å². The third kappa shape index (κ3) is 2.57. The fraction of sp³-hybridized carbons (Fsp3) is 0.619. The van der Waals surface area contributed by atoms with Gasteiger partial charge in [-0.25, -0.2) is 0 Å². The van der Waals surface area contributed by atoms with E-state index in [2.05, 4.69) is 27.4 Å². The molecule has 3 aliphatic carbocycles. The summed E-state index contributed by atoms with van der Waals surface area (Å²) < 4.78 is 0. The van der Waals surface area contributed by atoms with Crippen molar-refractivity contribution in [1.29, 1.82) is 0 Å². The number of rotatable bonds is 2. The van der Waals surface area contributed by atoms with Crippen LogP contribution in [0.1, 0.15) is 59.3 Å². The Kier molecular flexibility index (Phi) is 4.21. The molecular formula is C21H28O4. The van der Waals surface area contributed by atoms with E-state index >= 15 is 0 Å². The van der Waals surface area contributed by atoms with Gasteiger partial charge in [-0.05, 0) is 61.2 Å². The summed E-state index contributed by atoms with van der Waals surface area (Å²) in [6, 6.07) is 0. The molecule has 0 aromatic heterocycles. The van der Waals surface area contributed by atoms with Gasteiger partial charge >= 0.3 is 0 Å². The summed E-state index contributed by atoms with van der Waals surface area (Å²) in [6.07, 6.45) is 6.44. The predicted molar refractivity (Wildman–Crippen MR) is 96.1 cm³/mol. The van der Waals surface area contributed by atoms with Crippen molar-refractivity contribution in [2.75, 3.05) is 0 Å². The van der Waals surface area contributed by atoms with Crippen molar-refractivity contribution < 1.29 is 19.8 Å². The van der Waals surface area contributed by atoms with E-state index in [-0.39, 0.29) is 16.4 Å². The number of aliphatic hydroxyl groups excluding tert-OH is 2. The van der Waals surface area contributed by atoms with Gasteiger partial charge in [0, 0.05) is 11.6 Å². The molecule has 4 atom stereocenters. The lowest BCUT2D eigenvalue weighted by atomic mass is 9.46. The minimum absolute atomic E-state index is 0.0370. The van der Waals surface area contributed by atoms with Gasteiger partial charge in [0.15, 0.2) is 11.5 Å². The molecule has 25 heavy (non-hydrogen) atoms. The van der Waals surface area contributed by atoms with Gasteiger partial charge < -0.3 is 10.2 Å². The van der Waals surface area contributed by atoms with Gasteiger partial charge in [-0.15, -0.1) is 0 Å². The summed E-state index contributed by atoms with van der Waals surface area (Å²) in [7, 11) is 0. The lowest BCUT2D eigenvalue weighted by Gasteiger charge is -2.59. The van der Waals surface area contributed by atoms with Gasteiger partial charge in [0.2, 0.25) is 11.6 Å². The molecule has 0 aliphatic heterocycles. The van der Waals surface area contributed by atoms with Crippen molar-refractivity contribution in [3.05, 3.63) is 35.3 Å². The van der Waals surface area contributed by atoms with Crippen molar-refractivity contribution in [3.8, 4) is 0 Å². The van der Waals surface area contributed by atoms with Gasteiger partial charge in [0.1, 0.15) is 0 Å². The predicted octanol–water partition coefficient (Wildman–Crippen LogP) is 4.58. The average Bonchev–Trinajstić information content (AvgIpc) is 2.56. The number of ketones is 2. The van der Waals surface area contributed by atoms with Crippen molar-refractivity contribution in [3.63, 3.8) is 0 Å². The molecule has 2 saturated carbocycles. The molecule has 0 amide bonds. The molecule has 0 saturated heterocycles. The smallest absolute Gasteiger partial charge is 0.227 e. The Hall–Kier alpha value is -1.84. The maximum atomic E-state index is 12.4. The van der Waals surface area contributed by atoms with Crippen LogP contribution in [-0.2, 0) is 9.59 Å². The minimum atomic E-state index is -0.685. The zero-order chi connectivity index (χ0) is 18.6. The lowest BCUT2D eigenvalue weighted by molar-refractivity contribution is -0.120. The molecule has 0 aromatic carbocycles. The van der Waals surface area contributed by atoms with Crippen LogP contribution in [0.15, 0.2) is 35.3 Å². The molecule has 0 aromatic rings. The minimum Gasteiger partial charge on any atom is -0.504 e. The summed E-state index contributed by atoms with van der Waals surface area (Å²) in [6.45, 7) is 11.0. The molecule has 3 aliphatic rings. The molecule has 2 fully saturated rings. The van der Waals surface area contributed by atoms with Crippen LogP contribution in [-0.4, -0.2) is 21.8 Å². The summed E-state index contributed by atoms with van der Waals surface area (Å²) in [5, 5.41) is 20.0. The van der Waals surface area contributed by atoms with E-state index in [9.17, 15) is 19.8 Å². The van der Waals surface area contributed by atoms with Crippen molar-refractivity contribution in [1.82, 2.24) is 0 Å². The second-order valence-corrected chi connectivity index (χ2v) is 8.64. The quantitative estimate of drug-likeness (QED) is 0.568. The molecule has 0 spiro atoms. The standard InChI is InChI=1S/C21H28O4/c1-12-6-5-7-17-20(12,3)9-8-13(2)21(17,4)11-14-18(24)15(22)10-16(23)19(14)25/h10,13,17,22,25H,1,5-9,11H2,2-4H3/t13-,17+,20+,21+/m0/s1. The fourth-order valence-corrected chi connectivity index (χ4v) is 5.48. The van der Waals surface area contributed by atoms with Crippen LogP contribution in [0.3, 0.4) is 0 Å². The Balaban J connectivity index is 2.02. The molecule has 0 heterocycles. The van der Waals surface area contributed by atoms with Gasteiger partial charge in [0.25, 0.3) is 0 Å². The van der Waals surface area contributed by atoms with E-state index in [1.54, 1.807) is 0 Å². The normalized spacial score (nSPS) is 39.3. The number of allylic oxidation sites excluding steroid dienone is 3. The van der Waals surface area contributed by atoms with Crippen molar-refractivity contribution >= 4 is 11.6 Å². The number of carbonyl (C=O) groups is 2. The molecular weight excluding hydrogens is 316 g/mol. The van der Waals surface area contributed by atoms with Crippen LogP contribution in [0.2, 0.25) is 0 Å². The zero-order valence-corrected chi connectivity index (χ0v) is 15.4. The monoisotopic (exact) mass is 344 g/mol. The largest absolute Gasteiger partial charge is 0.504 e. The average molecular weight is 344 g/mol. The first-order valence-corrected chi connectivity index (χ1v) is 9.21. The van der Waals surface area contributed by atoms with Crippen molar-refractivity contribution in [2.45, 2.75) is 59.3 Å². The molecule has 0 bridgehead atoms. The highest BCUT2D eigenvalue weighted by Gasteiger charge is 2.54. The van der Waals surface area contributed by atoms with Crippen LogP contribution in [0.5, 0.6) is 0 Å². The maximum absolute atomic E-state index is 12.4. The third-order valence-electron chi connectivity index (χ3n) is 7.42. The number of hydrogen-bond acceptors (Lipinski definition) is 4. The molecule has 4 heteroatoms. The van der Waals surface area contributed by atoms with Gasteiger partial charge in [-0.3, -0.25) is 9.59 Å². The van der Waals surface area contributed by atoms with Crippen LogP contribution < -0.4 is 0 Å². The summed E-state index contributed by atoms with van der Waals surface area (Å²) in [5.41, 5.74) is 1.16. The number of hydrogen-bond donors (Lipinski definition) is 2. The second kappa shape index (κ2) is 5.86. The Labute approximate surface area is 149 Å². The second-order valence-electron chi connectivity index (χ2n) is 8.64. The van der Waals surface area contributed by atoms with E-state index in [1.807, 2.05) is 0 Å². The van der Waals surface area contributed by atoms with Crippen LogP contribution in [0, 0.1) is 22.7 Å². The summed E-state index contributed by atoms with van der Waals surface area (Å²) in [5.74, 6) is -1.67. The Morgan fingerprint density at radius 2 is 1.92 bits per heavy atom. The van der Waals surface area contributed by atoms with E-state index in [4.69, 9.17) is 0 Å².